The Balaban J connectivity index is 1.87. The standard InChI is InChI=1S/C28H44N2O4/c1-25(2)16-12-17-26(3,4)29(25)33-23(31)22(20-21-14-10-9-11-15-21)24(32)34-30-27(5,6)18-13-19-28(30,7)8/h9-11,14-15,22H,12-13,16-20H2,1-8H3. The highest BCUT2D eigenvalue weighted by Gasteiger charge is 2.48. The summed E-state index contributed by atoms with van der Waals surface area (Å²) in [4.78, 5) is 39.3. The highest BCUT2D eigenvalue weighted by molar-refractivity contribution is 5.95. The van der Waals surface area contributed by atoms with Crippen molar-refractivity contribution in [2.45, 2.75) is 122 Å². The molecule has 0 bridgehead atoms. The van der Waals surface area contributed by atoms with E-state index in [0.29, 0.717) is 0 Å². The van der Waals surface area contributed by atoms with E-state index in [-0.39, 0.29) is 28.6 Å². The highest BCUT2D eigenvalue weighted by atomic mass is 16.7. The molecule has 0 amide bonds. The van der Waals surface area contributed by atoms with E-state index in [0.717, 1.165) is 44.1 Å². The van der Waals surface area contributed by atoms with Crippen molar-refractivity contribution in [1.29, 1.82) is 0 Å². The van der Waals surface area contributed by atoms with Gasteiger partial charge in [0, 0.05) is 0 Å². The molecule has 2 saturated heterocycles. The Bertz CT molecular complexity index is 792. The van der Waals surface area contributed by atoms with Crippen molar-refractivity contribution in [1.82, 2.24) is 10.1 Å². The van der Waals surface area contributed by atoms with Crippen LogP contribution in [0, 0.1) is 5.92 Å². The Kier molecular flexibility index (Phi) is 7.55. The van der Waals surface area contributed by atoms with E-state index in [2.05, 4.69) is 55.4 Å². The first kappa shape index (κ1) is 26.7. The fourth-order valence-corrected chi connectivity index (χ4v) is 5.87. The quantitative estimate of drug-likeness (QED) is 0.484. The topological polar surface area (TPSA) is 59.1 Å². The minimum Gasteiger partial charge on any atom is -0.366 e. The first-order chi connectivity index (χ1) is 15.7. The van der Waals surface area contributed by atoms with Gasteiger partial charge in [-0.1, -0.05) is 30.3 Å². The van der Waals surface area contributed by atoms with Crippen LogP contribution in [-0.4, -0.2) is 44.2 Å². The lowest BCUT2D eigenvalue weighted by Crippen LogP contribution is -2.60. The molecule has 0 unspecified atom stereocenters. The SMILES string of the molecule is CC1(C)CCCC(C)(C)N1OC(=O)C(Cc1ccccc1)C(=O)ON1C(C)(C)CCCC1(C)C. The number of carbonyl (C=O) groups excluding carboxylic acids is 2. The number of hydroxylamine groups is 4. The molecule has 2 aliphatic heterocycles. The summed E-state index contributed by atoms with van der Waals surface area (Å²) >= 11 is 0. The fraction of sp³-hybridized carbons (Fsp3) is 0.714. The van der Waals surface area contributed by atoms with E-state index < -0.39 is 17.9 Å². The normalized spacial score (nSPS) is 23.9. The lowest BCUT2D eigenvalue weighted by atomic mass is 9.82. The summed E-state index contributed by atoms with van der Waals surface area (Å²) in [5.41, 5.74) is -0.341. The first-order valence-corrected chi connectivity index (χ1v) is 12.7. The molecule has 0 saturated carbocycles. The Morgan fingerprint density at radius 1 is 0.706 bits per heavy atom. The van der Waals surface area contributed by atoms with Gasteiger partial charge in [-0.3, -0.25) is 0 Å². The molecule has 1 aromatic rings. The molecule has 2 heterocycles. The fourth-order valence-electron chi connectivity index (χ4n) is 5.87. The van der Waals surface area contributed by atoms with Gasteiger partial charge < -0.3 is 9.68 Å². The number of rotatable bonds is 6. The summed E-state index contributed by atoms with van der Waals surface area (Å²) in [5, 5.41) is 3.62. The second-order valence-electron chi connectivity index (χ2n) is 12.6. The van der Waals surface area contributed by atoms with Crippen molar-refractivity contribution in [2.75, 3.05) is 0 Å². The van der Waals surface area contributed by atoms with E-state index >= 15 is 0 Å². The third-order valence-electron chi connectivity index (χ3n) is 7.57. The zero-order valence-electron chi connectivity index (χ0n) is 22.4. The lowest BCUT2D eigenvalue weighted by Gasteiger charge is -2.51. The minimum absolute atomic E-state index is 0.238. The monoisotopic (exact) mass is 472 g/mol. The van der Waals surface area contributed by atoms with Gasteiger partial charge >= 0.3 is 11.9 Å². The number of piperidine rings is 2. The Labute approximate surface area is 205 Å². The molecule has 0 radical (unpaired) electrons. The van der Waals surface area contributed by atoms with Gasteiger partial charge in [0.05, 0.1) is 22.2 Å². The molecule has 1 aromatic carbocycles. The Morgan fingerprint density at radius 2 is 1.06 bits per heavy atom. The second-order valence-corrected chi connectivity index (χ2v) is 12.6. The van der Waals surface area contributed by atoms with Crippen molar-refractivity contribution in [3.05, 3.63) is 35.9 Å². The van der Waals surface area contributed by atoms with Crippen LogP contribution < -0.4 is 0 Å². The maximum atomic E-state index is 13.6. The van der Waals surface area contributed by atoms with Crippen LogP contribution in [0.25, 0.3) is 0 Å². The van der Waals surface area contributed by atoms with Crippen LogP contribution in [-0.2, 0) is 25.7 Å². The minimum atomic E-state index is -1.05. The van der Waals surface area contributed by atoms with E-state index in [4.69, 9.17) is 9.68 Å². The van der Waals surface area contributed by atoms with Crippen molar-refractivity contribution in [3.8, 4) is 0 Å². The summed E-state index contributed by atoms with van der Waals surface area (Å²) in [7, 11) is 0. The molecule has 0 spiro atoms. The molecule has 190 valence electrons. The molecule has 6 nitrogen and oxygen atoms in total. The average molecular weight is 473 g/mol. The number of carbonyl (C=O) groups is 2. The van der Waals surface area contributed by atoms with Gasteiger partial charge in [0.2, 0.25) is 0 Å². The third-order valence-corrected chi connectivity index (χ3v) is 7.57. The van der Waals surface area contributed by atoms with Crippen LogP contribution in [0.5, 0.6) is 0 Å². The molecule has 0 aliphatic carbocycles. The van der Waals surface area contributed by atoms with Gasteiger partial charge in [-0.15, -0.1) is 10.1 Å². The highest BCUT2D eigenvalue weighted by Crippen LogP contribution is 2.40. The first-order valence-electron chi connectivity index (χ1n) is 12.7. The molecule has 0 aromatic heterocycles. The summed E-state index contributed by atoms with van der Waals surface area (Å²) in [6, 6.07) is 9.61. The molecule has 6 heteroatoms. The number of hydrogen-bond donors (Lipinski definition) is 0. The van der Waals surface area contributed by atoms with Gasteiger partial charge in [0.15, 0.2) is 5.92 Å². The van der Waals surface area contributed by atoms with Crippen LogP contribution in [0.2, 0.25) is 0 Å². The maximum absolute atomic E-state index is 13.6. The summed E-state index contributed by atoms with van der Waals surface area (Å²) in [6.45, 7) is 16.7. The second kappa shape index (κ2) is 9.62. The van der Waals surface area contributed by atoms with Crippen LogP contribution in [0.3, 0.4) is 0 Å². The Hall–Kier alpha value is -1.92. The molecule has 34 heavy (non-hydrogen) atoms. The number of hydrogen-bond acceptors (Lipinski definition) is 6. The van der Waals surface area contributed by atoms with E-state index in [1.54, 1.807) is 0 Å². The van der Waals surface area contributed by atoms with E-state index in [1.807, 2.05) is 40.5 Å². The zero-order chi connectivity index (χ0) is 25.4. The van der Waals surface area contributed by atoms with Crippen molar-refractivity contribution in [2.24, 2.45) is 5.92 Å². The van der Waals surface area contributed by atoms with Gasteiger partial charge in [-0.2, -0.15) is 0 Å². The molecule has 3 rings (SSSR count). The molecular weight excluding hydrogens is 428 g/mol. The molecule has 2 aliphatic rings. The Morgan fingerprint density at radius 3 is 1.41 bits per heavy atom. The van der Waals surface area contributed by atoms with Crippen LogP contribution in [0.4, 0.5) is 0 Å². The largest absolute Gasteiger partial charge is 0.366 e. The zero-order valence-corrected chi connectivity index (χ0v) is 22.4. The molecule has 2 fully saturated rings. The molecule has 0 N–H and O–H groups in total. The van der Waals surface area contributed by atoms with Gasteiger partial charge in [-0.25, -0.2) is 9.59 Å². The summed E-state index contributed by atoms with van der Waals surface area (Å²) in [5.74, 6) is -2.15. The number of nitrogens with zero attached hydrogens (tertiary/aromatic N) is 2. The average Bonchev–Trinajstić information content (AvgIpc) is 2.71. The van der Waals surface area contributed by atoms with Crippen molar-refractivity contribution >= 4 is 11.9 Å². The van der Waals surface area contributed by atoms with Crippen LogP contribution in [0.1, 0.15) is 99.5 Å². The lowest BCUT2D eigenvalue weighted by molar-refractivity contribution is -0.279. The predicted molar refractivity (Wildman–Crippen MR) is 134 cm³/mol. The van der Waals surface area contributed by atoms with Crippen molar-refractivity contribution in [3.63, 3.8) is 0 Å². The third kappa shape index (κ3) is 5.83. The maximum Gasteiger partial charge on any atom is 0.339 e. The van der Waals surface area contributed by atoms with Gasteiger partial charge in [-0.05, 0) is 106 Å². The van der Waals surface area contributed by atoms with Gasteiger partial charge in [0.25, 0.3) is 0 Å². The predicted octanol–water partition coefficient (Wildman–Crippen LogP) is 5.85. The smallest absolute Gasteiger partial charge is 0.339 e. The van der Waals surface area contributed by atoms with Crippen LogP contribution in [0.15, 0.2) is 30.3 Å². The van der Waals surface area contributed by atoms with E-state index in [1.165, 1.54) is 0 Å². The molecular formula is C28H44N2O4. The summed E-state index contributed by atoms with van der Waals surface area (Å²) < 4.78 is 0. The van der Waals surface area contributed by atoms with E-state index in [9.17, 15) is 9.59 Å². The van der Waals surface area contributed by atoms with Crippen molar-refractivity contribution < 1.29 is 19.3 Å². The number of benzene rings is 1. The van der Waals surface area contributed by atoms with Gasteiger partial charge in [0.1, 0.15) is 0 Å². The summed E-state index contributed by atoms with van der Waals surface area (Å²) in [6.07, 6.45) is 6.08. The molecule has 0 atom stereocenters. The van der Waals surface area contributed by atoms with Crippen LogP contribution >= 0.6 is 0 Å².